The number of hydrogen-bond acceptors (Lipinski definition) is 7. The van der Waals surface area contributed by atoms with E-state index in [1.54, 1.807) is 0 Å². The molecule has 2 rings (SSSR count). The second-order valence-corrected chi connectivity index (χ2v) is 4.14. The van der Waals surface area contributed by atoms with Crippen molar-refractivity contribution in [2.24, 2.45) is 0 Å². The zero-order valence-corrected chi connectivity index (χ0v) is 10.3. The topological polar surface area (TPSA) is 80.4 Å². The Hall–Kier alpha value is -1.63. The third-order valence-electron chi connectivity index (χ3n) is 2.53. The van der Waals surface area contributed by atoms with Crippen LogP contribution in [0.3, 0.4) is 0 Å². The summed E-state index contributed by atoms with van der Waals surface area (Å²) in [4.78, 5) is 16.5. The van der Waals surface area contributed by atoms with Gasteiger partial charge >= 0.3 is 0 Å². The van der Waals surface area contributed by atoms with E-state index < -0.39 is 0 Å². The van der Waals surface area contributed by atoms with E-state index in [0.29, 0.717) is 18.5 Å². The number of nitrogens with two attached hydrogens (primary N) is 1. The standard InChI is InChI=1S/C10H18N6O/c1-15(2)9-12-8(11)13-10(14-9)16-4-3-6-17-7-5-16/h3-7H2,1-2H3,(H2,11,12,13,14). The van der Waals surface area contributed by atoms with Gasteiger partial charge in [-0.2, -0.15) is 15.0 Å². The summed E-state index contributed by atoms with van der Waals surface area (Å²) in [6.45, 7) is 3.16. The van der Waals surface area contributed by atoms with Gasteiger partial charge in [-0.15, -0.1) is 0 Å². The lowest BCUT2D eigenvalue weighted by molar-refractivity contribution is 0.152. The molecule has 1 aliphatic heterocycles. The van der Waals surface area contributed by atoms with Gasteiger partial charge in [0.05, 0.1) is 6.61 Å². The van der Waals surface area contributed by atoms with Crippen molar-refractivity contribution in [2.75, 3.05) is 55.9 Å². The van der Waals surface area contributed by atoms with Crippen LogP contribution in [0.5, 0.6) is 0 Å². The van der Waals surface area contributed by atoms with E-state index in [0.717, 1.165) is 26.1 Å². The Morgan fingerprint density at radius 1 is 1.18 bits per heavy atom. The van der Waals surface area contributed by atoms with E-state index in [1.807, 2.05) is 19.0 Å². The Morgan fingerprint density at radius 3 is 2.76 bits per heavy atom. The number of aromatic nitrogens is 3. The van der Waals surface area contributed by atoms with E-state index in [1.165, 1.54) is 0 Å². The van der Waals surface area contributed by atoms with Gasteiger partial charge in [-0.05, 0) is 6.42 Å². The summed E-state index contributed by atoms with van der Waals surface area (Å²) in [5.41, 5.74) is 5.70. The quantitative estimate of drug-likeness (QED) is 0.760. The van der Waals surface area contributed by atoms with Crippen molar-refractivity contribution in [3.8, 4) is 0 Å². The molecule has 0 amide bonds. The molecular weight excluding hydrogens is 220 g/mol. The van der Waals surface area contributed by atoms with Gasteiger partial charge in [0, 0.05) is 33.8 Å². The van der Waals surface area contributed by atoms with Gasteiger partial charge < -0.3 is 20.3 Å². The predicted molar refractivity (Wildman–Crippen MR) is 66.2 cm³/mol. The zero-order valence-electron chi connectivity index (χ0n) is 10.3. The first kappa shape index (κ1) is 11.8. The lowest BCUT2D eigenvalue weighted by atomic mass is 10.4. The smallest absolute Gasteiger partial charge is 0.232 e. The van der Waals surface area contributed by atoms with E-state index in [2.05, 4.69) is 19.9 Å². The molecule has 1 saturated heterocycles. The molecule has 0 saturated carbocycles. The molecule has 0 spiro atoms. The summed E-state index contributed by atoms with van der Waals surface area (Å²) in [7, 11) is 3.76. The van der Waals surface area contributed by atoms with Crippen molar-refractivity contribution in [3.05, 3.63) is 0 Å². The molecule has 1 aromatic rings. The fourth-order valence-corrected chi connectivity index (χ4v) is 1.66. The number of nitrogens with zero attached hydrogens (tertiary/aromatic N) is 5. The van der Waals surface area contributed by atoms with Crippen molar-refractivity contribution >= 4 is 17.8 Å². The minimum Gasteiger partial charge on any atom is -0.380 e. The molecule has 0 bridgehead atoms. The summed E-state index contributed by atoms with van der Waals surface area (Å²) in [5.74, 6) is 1.47. The molecule has 0 atom stereocenters. The molecular formula is C10H18N6O. The van der Waals surface area contributed by atoms with E-state index >= 15 is 0 Å². The monoisotopic (exact) mass is 238 g/mol. The van der Waals surface area contributed by atoms with Crippen molar-refractivity contribution < 1.29 is 4.74 Å². The average molecular weight is 238 g/mol. The Balaban J connectivity index is 2.23. The number of hydrogen-bond donors (Lipinski definition) is 1. The van der Waals surface area contributed by atoms with Gasteiger partial charge in [0.15, 0.2) is 0 Å². The second kappa shape index (κ2) is 5.13. The van der Waals surface area contributed by atoms with Crippen molar-refractivity contribution in [2.45, 2.75) is 6.42 Å². The second-order valence-electron chi connectivity index (χ2n) is 4.14. The first-order chi connectivity index (χ1) is 8.16. The lowest BCUT2D eigenvalue weighted by Crippen LogP contribution is -2.29. The maximum Gasteiger partial charge on any atom is 0.232 e. The third kappa shape index (κ3) is 2.94. The largest absolute Gasteiger partial charge is 0.380 e. The summed E-state index contributed by atoms with van der Waals surface area (Å²) in [6.07, 6.45) is 0.975. The van der Waals surface area contributed by atoms with Gasteiger partial charge in [-0.1, -0.05) is 0 Å². The van der Waals surface area contributed by atoms with Gasteiger partial charge in [0.2, 0.25) is 17.8 Å². The zero-order chi connectivity index (χ0) is 12.3. The molecule has 1 aliphatic rings. The number of nitrogen functional groups attached to an aromatic ring is 1. The maximum absolute atomic E-state index is 5.70. The van der Waals surface area contributed by atoms with Crippen molar-refractivity contribution in [1.29, 1.82) is 0 Å². The van der Waals surface area contributed by atoms with E-state index in [9.17, 15) is 0 Å². The molecule has 17 heavy (non-hydrogen) atoms. The molecule has 0 unspecified atom stereocenters. The summed E-state index contributed by atoms with van der Waals surface area (Å²) in [6, 6.07) is 0. The van der Waals surface area contributed by atoms with Crippen LogP contribution < -0.4 is 15.5 Å². The minimum absolute atomic E-state index is 0.254. The highest BCUT2D eigenvalue weighted by Crippen LogP contribution is 2.14. The van der Waals surface area contributed by atoms with Crippen LogP contribution in [0.2, 0.25) is 0 Å². The first-order valence-electron chi connectivity index (χ1n) is 5.68. The van der Waals surface area contributed by atoms with E-state index in [-0.39, 0.29) is 5.95 Å². The fraction of sp³-hybridized carbons (Fsp3) is 0.700. The minimum atomic E-state index is 0.254. The molecule has 1 aromatic heterocycles. The lowest BCUT2D eigenvalue weighted by Gasteiger charge is -2.21. The molecule has 7 heteroatoms. The Morgan fingerprint density at radius 2 is 2.00 bits per heavy atom. The van der Waals surface area contributed by atoms with Crippen LogP contribution in [-0.4, -0.2) is 55.4 Å². The van der Waals surface area contributed by atoms with Gasteiger partial charge in [-0.25, -0.2) is 0 Å². The number of rotatable bonds is 2. The Labute approximate surface area is 101 Å². The van der Waals surface area contributed by atoms with Crippen LogP contribution in [0.1, 0.15) is 6.42 Å². The molecule has 0 aliphatic carbocycles. The first-order valence-corrected chi connectivity index (χ1v) is 5.68. The summed E-state index contributed by atoms with van der Waals surface area (Å²) < 4.78 is 5.40. The molecule has 0 radical (unpaired) electrons. The van der Waals surface area contributed by atoms with E-state index in [4.69, 9.17) is 10.5 Å². The van der Waals surface area contributed by atoms with Crippen LogP contribution in [0.15, 0.2) is 0 Å². The van der Waals surface area contributed by atoms with Crippen LogP contribution in [0, 0.1) is 0 Å². The number of ether oxygens (including phenoxy) is 1. The van der Waals surface area contributed by atoms with Crippen LogP contribution in [-0.2, 0) is 4.74 Å². The maximum atomic E-state index is 5.70. The summed E-state index contributed by atoms with van der Waals surface area (Å²) >= 11 is 0. The van der Waals surface area contributed by atoms with Gasteiger partial charge in [0.1, 0.15) is 0 Å². The van der Waals surface area contributed by atoms with Crippen molar-refractivity contribution in [1.82, 2.24) is 15.0 Å². The Bertz CT molecular complexity index is 375. The van der Waals surface area contributed by atoms with Crippen LogP contribution >= 0.6 is 0 Å². The number of anilines is 3. The SMILES string of the molecule is CN(C)c1nc(N)nc(N2CCCOCC2)n1. The molecule has 0 aromatic carbocycles. The Kier molecular flexibility index (Phi) is 3.58. The molecule has 2 N–H and O–H groups in total. The van der Waals surface area contributed by atoms with Gasteiger partial charge in [-0.3, -0.25) is 0 Å². The molecule has 1 fully saturated rings. The molecule has 94 valence electrons. The highest BCUT2D eigenvalue weighted by molar-refractivity contribution is 5.42. The fourth-order valence-electron chi connectivity index (χ4n) is 1.66. The normalized spacial score (nSPS) is 16.7. The highest BCUT2D eigenvalue weighted by Gasteiger charge is 2.15. The highest BCUT2D eigenvalue weighted by atomic mass is 16.5. The predicted octanol–water partition coefficient (Wildman–Crippen LogP) is -0.253. The molecule has 7 nitrogen and oxygen atoms in total. The molecule has 2 heterocycles. The van der Waals surface area contributed by atoms with Crippen LogP contribution in [0.4, 0.5) is 17.8 Å². The van der Waals surface area contributed by atoms with Crippen molar-refractivity contribution in [3.63, 3.8) is 0 Å². The van der Waals surface area contributed by atoms with Gasteiger partial charge in [0.25, 0.3) is 0 Å². The third-order valence-corrected chi connectivity index (χ3v) is 2.53. The average Bonchev–Trinajstić information content (AvgIpc) is 2.56. The van der Waals surface area contributed by atoms with Crippen LogP contribution in [0.25, 0.3) is 0 Å². The summed E-state index contributed by atoms with van der Waals surface area (Å²) in [5, 5.41) is 0.